The lowest BCUT2D eigenvalue weighted by Gasteiger charge is -1.98. The van der Waals surface area contributed by atoms with E-state index in [4.69, 9.17) is 4.42 Å². The van der Waals surface area contributed by atoms with Crippen LogP contribution in [0.25, 0.3) is 33.4 Å². The standard InChI is InChI=1S/C22H15FN2O2S/c1-12-8-17-18(9-13(12)2)25-21(26)20(28-22(25)24-17)11-16-6-7-19(27-16)14-4-3-5-15(23)10-14/h3-11H,1-2H3/b20-11-. The summed E-state index contributed by atoms with van der Waals surface area (Å²) in [5.41, 5.74) is 4.45. The van der Waals surface area contributed by atoms with E-state index in [1.807, 2.05) is 26.0 Å². The third-order valence-electron chi connectivity index (χ3n) is 4.86. The Morgan fingerprint density at radius 2 is 1.93 bits per heavy atom. The molecule has 0 N–H and O–H groups in total. The third kappa shape index (κ3) is 2.65. The lowest BCUT2D eigenvalue weighted by molar-refractivity contribution is 0.569. The molecule has 3 aromatic heterocycles. The lowest BCUT2D eigenvalue weighted by Crippen LogP contribution is -2.22. The van der Waals surface area contributed by atoms with Gasteiger partial charge in [0.1, 0.15) is 21.9 Å². The number of hydrogen-bond acceptors (Lipinski definition) is 4. The van der Waals surface area contributed by atoms with Crippen molar-refractivity contribution in [2.75, 3.05) is 0 Å². The van der Waals surface area contributed by atoms with Crippen molar-refractivity contribution in [1.82, 2.24) is 9.38 Å². The van der Waals surface area contributed by atoms with Gasteiger partial charge < -0.3 is 4.42 Å². The Morgan fingerprint density at radius 1 is 1.11 bits per heavy atom. The molecule has 5 aromatic rings. The molecule has 0 unspecified atom stereocenters. The molecule has 0 saturated heterocycles. The van der Waals surface area contributed by atoms with Crippen molar-refractivity contribution >= 4 is 33.4 Å². The van der Waals surface area contributed by atoms with Gasteiger partial charge in [-0.25, -0.2) is 13.8 Å². The van der Waals surface area contributed by atoms with Crippen LogP contribution >= 0.6 is 11.3 Å². The Balaban J connectivity index is 1.64. The number of benzene rings is 2. The van der Waals surface area contributed by atoms with Crippen LogP contribution in [0.4, 0.5) is 4.39 Å². The Labute approximate surface area is 163 Å². The highest BCUT2D eigenvalue weighted by Crippen LogP contribution is 2.24. The molecule has 0 bridgehead atoms. The zero-order valence-electron chi connectivity index (χ0n) is 15.2. The van der Waals surface area contributed by atoms with E-state index < -0.39 is 0 Å². The summed E-state index contributed by atoms with van der Waals surface area (Å²) >= 11 is 1.33. The number of aryl methyl sites for hydroxylation is 2. The van der Waals surface area contributed by atoms with E-state index in [9.17, 15) is 9.18 Å². The molecule has 0 aliphatic carbocycles. The van der Waals surface area contributed by atoms with Gasteiger partial charge in [-0.3, -0.25) is 4.79 Å². The summed E-state index contributed by atoms with van der Waals surface area (Å²) < 4.78 is 21.4. The third-order valence-corrected chi connectivity index (χ3v) is 5.83. The number of halogens is 1. The van der Waals surface area contributed by atoms with Crippen molar-refractivity contribution in [3.8, 4) is 11.3 Å². The maximum absolute atomic E-state index is 13.4. The summed E-state index contributed by atoms with van der Waals surface area (Å²) in [7, 11) is 0. The van der Waals surface area contributed by atoms with Gasteiger partial charge in [-0.1, -0.05) is 23.5 Å². The number of rotatable bonds is 2. The largest absolute Gasteiger partial charge is 0.457 e. The van der Waals surface area contributed by atoms with E-state index >= 15 is 0 Å². The van der Waals surface area contributed by atoms with Crippen LogP contribution in [0, 0.1) is 19.7 Å². The molecular weight excluding hydrogens is 375 g/mol. The second-order valence-electron chi connectivity index (χ2n) is 6.78. The lowest BCUT2D eigenvalue weighted by atomic mass is 10.1. The molecule has 3 heterocycles. The number of nitrogens with zero attached hydrogens (tertiary/aromatic N) is 2. The number of aromatic nitrogens is 2. The average molecular weight is 390 g/mol. The molecule has 0 spiro atoms. The van der Waals surface area contributed by atoms with Gasteiger partial charge in [-0.05, 0) is 61.4 Å². The predicted molar refractivity (Wildman–Crippen MR) is 109 cm³/mol. The van der Waals surface area contributed by atoms with Gasteiger partial charge in [-0.15, -0.1) is 0 Å². The topological polar surface area (TPSA) is 47.5 Å². The highest BCUT2D eigenvalue weighted by Gasteiger charge is 2.13. The minimum absolute atomic E-state index is 0.116. The summed E-state index contributed by atoms with van der Waals surface area (Å²) in [6, 6.07) is 13.8. The van der Waals surface area contributed by atoms with Gasteiger partial charge >= 0.3 is 0 Å². The van der Waals surface area contributed by atoms with E-state index in [0.717, 1.165) is 22.2 Å². The molecular formula is C22H15FN2O2S. The van der Waals surface area contributed by atoms with Crippen LogP contribution in [0.15, 0.2) is 57.7 Å². The van der Waals surface area contributed by atoms with Gasteiger partial charge in [0.25, 0.3) is 5.56 Å². The Kier molecular flexibility index (Phi) is 3.70. The number of imidazole rings is 1. The molecule has 4 nitrogen and oxygen atoms in total. The Morgan fingerprint density at radius 3 is 2.75 bits per heavy atom. The summed E-state index contributed by atoms with van der Waals surface area (Å²) in [6.45, 7) is 4.06. The first kappa shape index (κ1) is 16.9. The van der Waals surface area contributed by atoms with Crippen molar-refractivity contribution in [2.45, 2.75) is 13.8 Å². The Hall–Kier alpha value is -3.25. The fraction of sp³-hybridized carbons (Fsp3) is 0.0909. The zero-order chi connectivity index (χ0) is 19.4. The quantitative estimate of drug-likeness (QED) is 0.447. The van der Waals surface area contributed by atoms with Gasteiger partial charge in [0, 0.05) is 11.6 Å². The minimum atomic E-state index is -0.321. The number of fused-ring (bicyclic) bond motifs is 3. The van der Waals surface area contributed by atoms with Crippen LogP contribution in [0.5, 0.6) is 0 Å². The predicted octanol–water partition coefficient (Wildman–Crippen LogP) is 4.47. The fourth-order valence-electron chi connectivity index (χ4n) is 3.28. The van der Waals surface area contributed by atoms with Crippen LogP contribution in [0.2, 0.25) is 0 Å². The summed E-state index contributed by atoms with van der Waals surface area (Å²) in [5.74, 6) is 0.770. The van der Waals surface area contributed by atoms with Gasteiger partial charge in [0.2, 0.25) is 0 Å². The SMILES string of the molecule is Cc1cc2nc3s/c(=C\c4ccc(-c5cccc(F)c5)o4)c(=O)n3c2cc1C. The second-order valence-corrected chi connectivity index (χ2v) is 7.79. The molecule has 5 rings (SSSR count). The molecule has 28 heavy (non-hydrogen) atoms. The molecule has 0 atom stereocenters. The number of thiazole rings is 1. The van der Waals surface area contributed by atoms with Crippen LogP contribution in [0.1, 0.15) is 16.9 Å². The van der Waals surface area contributed by atoms with Crippen molar-refractivity contribution < 1.29 is 8.81 Å². The van der Waals surface area contributed by atoms with Crippen molar-refractivity contribution in [3.63, 3.8) is 0 Å². The molecule has 0 amide bonds. The maximum atomic E-state index is 13.4. The second kappa shape index (κ2) is 6.14. The highest BCUT2D eigenvalue weighted by atomic mass is 32.1. The highest BCUT2D eigenvalue weighted by molar-refractivity contribution is 7.15. The monoisotopic (exact) mass is 390 g/mol. The van der Waals surface area contributed by atoms with Crippen LogP contribution in [0.3, 0.4) is 0 Å². The van der Waals surface area contributed by atoms with Crippen LogP contribution in [-0.2, 0) is 0 Å². The van der Waals surface area contributed by atoms with E-state index in [2.05, 4.69) is 4.98 Å². The van der Waals surface area contributed by atoms with Gasteiger partial charge in [0.15, 0.2) is 4.96 Å². The first-order valence-electron chi connectivity index (χ1n) is 8.79. The Bertz CT molecular complexity index is 1480. The number of hydrogen-bond donors (Lipinski definition) is 0. The zero-order valence-corrected chi connectivity index (χ0v) is 16.0. The van der Waals surface area contributed by atoms with Crippen molar-refractivity contribution in [1.29, 1.82) is 0 Å². The van der Waals surface area contributed by atoms with Crippen LogP contribution in [-0.4, -0.2) is 9.38 Å². The first-order valence-corrected chi connectivity index (χ1v) is 9.61. The van der Waals surface area contributed by atoms with Crippen molar-refractivity contribution in [2.24, 2.45) is 0 Å². The smallest absolute Gasteiger partial charge is 0.275 e. The molecule has 0 saturated carbocycles. The molecule has 138 valence electrons. The maximum Gasteiger partial charge on any atom is 0.275 e. The van der Waals surface area contributed by atoms with Gasteiger partial charge in [-0.2, -0.15) is 0 Å². The van der Waals surface area contributed by atoms with Crippen molar-refractivity contribution in [3.05, 3.63) is 86.1 Å². The van der Waals surface area contributed by atoms with Gasteiger partial charge in [0.05, 0.1) is 11.0 Å². The van der Waals surface area contributed by atoms with E-state index in [1.54, 1.807) is 34.7 Å². The molecule has 0 aliphatic heterocycles. The molecule has 6 heteroatoms. The van der Waals surface area contributed by atoms with E-state index in [1.165, 1.54) is 23.5 Å². The first-order chi connectivity index (χ1) is 13.5. The summed E-state index contributed by atoms with van der Waals surface area (Å²) in [6.07, 6.45) is 1.71. The minimum Gasteiger partial charge on any atom is -0.457 e. The summed E-state index contributed by atoms with van der Waals surface area (Å²) in [5, 5.41) is 0. The van der Waals surface area contributed by atoms with Crippen LogP contribution < -0.4 is 10.1 Å². The fourth-order valence-corrected chi connectivity index (χ4v) is 4.24. The average Bonchev–Trinajstić information content (AvgIpc) is 3.33. The molecule has 2 aromatic carbocycles. The molecule has 0 aliphatic rings. The normalized spacial score (nSPS) is 12.5. The van der Waals surface area contributed by atoms with E-state index in [-0.39, 0.29) is 11.4 Å². The number of furan rings is 1. The molecule has 0 fully saturated rings. The molecule has 0 radical (unpaired) electrons. The van der Waals surface area contributed by atoms with E-state index in [0.29, 0.717) is 26.6 Å². The summed E-state index contributed by atoms with van der Waals surface area (Å²) in [4.78, 5) is 18.2.